The number of ether oxygens (including phenoxy) is 1. The van der Waals surface area contributed by atoms with Crippen LogP contribution in [-0.4, -0.2) is 41.3 Å². The van der Waals surface area contributed by atoms with Gasteiger partial charge in [0.15, 0.2) is 0 Å². The maximum absolute atomic E-state index is 13.2. The summed E-state index contributed by atoms with van der Waals surface area (Å²) in [5.41, 5.74) is 0.371. The van der Waals surface area contributed by atoms with Crippen LogP contribution in [0, 0.1) is 0 Å². The molecule has 28 heavy (non-hydrogen) atoms. The number of hydrogen-bond donors (Lipinski definition) is 1. The molecule has 0 radical (unpaired) electrons. The molecule has 1 fully saturated rings. The summed E-state index contributed by atoms with van der Waals surface area (Å²) in [5.74, 6) is -0.540. The first kappa shape index (κ1) is 19.4. The van der Waals surface area contributed by atoms with Gasteiger partial charge in [-0.2, -0.15) is 0 Å². The van der Waals surface area contributed by atoms with E-state index in [4.69, 9.17) is 4.74 Å². The second kappa shape index (κ2) is 8.21. The smallest absolute Gasteiger partial charge is 0.332 e. The molecule has 1 N–H and O–H groups in total. The number of aromatic nitrogens is 2. The van der Waals surface area contributed by atoms with Crippen LogP contribution in [0.15, 0.2) is 9.59 Å². The fourth-order valence-electron chi connectivity index (χ4n) is 4.48. The van der Waals surface area contributed by atoms with E-state index in [1.807, 2.05) is 0 Å². The number of fused-ring (bicyclic) bond motifs is 3. The predicted octanol–water partition coefficient (Wildman–Crippen LogP) is 0.345. The molecule has 2 aromatic heterocycles. The standard InChI is InChI=1S/C20H27N3O4S/c1-2-27-16(24)13-23-18(25)17-14-7-3-4-8-15(14)28-19(17)22(20(23)26)12-11-21-9-5-6-10-21/h2-13H2,1H3/p+1. The van der Waals surface area contributed by atoms with Gasteiger partial charge in [-0.05, 0) is 38.2 Å². The van der Waals surface area contributed by atoms with E-state index in [9.17, 15) is 14.4 Å². The molecule has 0 bridgehead atoms. The van der Waals surface area contributed by atoms with E-state index in [0.29, 0.717) is 11.9 Å². The number of likely N-dealkylation sites (tertiary alicyclic amines) is 1. The molecular formula is C20H28N3O4S+. The van der Waals surface area contributed by atoms with Gasteiger partial charge in [0.05, 0.1) is 38.2 Å². The van der Waals surface area contributed by atoms with Gasteiger partial charge in [0, 0.05) is 17.7 Å². The highest BCUT2D eigenvalue weighted by atomic mass is 32.1. The van der Waals surface area contributed by atoms with E-state index in [2.05, 4.69) is 0 Å². The second-order valence-corrected chi connectivity index (χ2v) is 8.81. The number of nitrogens with one attached hydrogen (secondary N) is 1. The molecule has 0 spiro atoms. The van der Waals surface area contributed by atoms with Crippen molar-refractivity contribution in [3.8, 4) is 0 Å². The number of thiophene rings is 1. The predicted molar refractivity (Wildman–Crippen MR) is 108 cm³/mol. The van der Waals surface area contributed by atoms with Gasteiger partial charge in [-0.3, -0.25) is 14.2 Å². The SMILES string of the molecule is CCOC(=O)Cn1c(=O)c2c3c(sc2n(CC[NH+]2CCCC2)c1=O)CCCC3. The van der Waals surface area contributed by atoms with Crippen LogP contribution in [0.3, 0.4) is 0 Å². The van der Waals surface area contributed by atoms with E-state index >= 15 is 0 Å². The van der Waals surface area contributed by atoms with Crippen LogP contribution in [0.2, 0.25) is 0 Å². The van der Waals surface area contributed by atoms with E-state index < -0.39 is 5.97 Å². The first-order valence-corrected chi connectivity index (χ1v) is 11.2. The van der Waals surface area contributed by atoms with Crippen LogP contribution < -0.4 is 16.1 Å². The largest absolute Gasteiger partial charge is 0.465 e. The molecule has 3 heterocycles. The van der Waals surface area contributed by atoms with Gasteiger partial charge < -0.3 is 9.64 Å². The third-order valence-electron chi connectivity index (χ3n) is 5.91. The highest BCUT2D eigenvalue weighted by Crippen LogP contribution is 2.34. The van der Waals surface area contributed by atoms with E-state index in [-0.39, 0.29) is 24.4 Å². The fourth-order valence-corrected chi connectivity index (χ4v) is 5.88. The van der Waals surface area contributed by atoms with Crippen LogP contribution >= 0.6 is 11.3 Å². The average Bonchev–Trinajstić information content (AvgIpc) is 3.33. The Morgan fingerprint density at radius 2 is 1.86 bits per heavy atom. The molecule has 2 aliphatic rings. The average molecular weight is 407 g/mol. The van der Waals surface area contributed by atoms with E-state index in [1.54, 1.807) is 22.8 Å². The van der Waals surface area contributed by atoms with Gasteiger partial charge in [-0.15, -0.1) is 11.3 Å². The molecule has 8 heteroatoms. The minimum Gasteiger partial charge on any atom is -0.465 e. The second-order valence-electron chi connectivity index (χ2n) is 7.73. The van der Waals surface area contributed by atoms with E-state index in [1.165, 1.54) is 22.6 Å². The highest BCUT2D eigenvalue weighted by molar-refractivity contribution is 7.18. The molecule has 0 aromatic carbocycles. The topological polar surface area (TPSA) is 74.7 Å². The molecule has 7 nitrogen and oxygen atoms in total. The number of rotatable bonds is 6. The number of aryl methyl sites for hydroxylation is 2. The number of carbonyl (C=O) groups excluding carboxylic acids is 1. The minimum atomic E-state index is -0.540. The molecule has 1 saturated heterocycles. The normalized spacial score (nSPS) is 17.2. The zero-order valence-electron chi connectivity index (χ0n) is 16.4. The highest BCUT2D eigenvalue weighted by Gasteiger charge is 2.25. The molecule has 1 aliphatic heterocycles. The number of hydrogen-bond acceptors (Lipinski definition) is 5. The third kappa shape index (κ3) is 3.55. The van der Waals surface area contributed by atoms with Crippen molar-refractivity contribution >= 4 is 27.5 Å². The lowest BCUT2D eigenvalue weighted by molar-refractivity contribution is -0.888. The summed E-state index contributed by atoms with van der Waals surface area (Å²) in [6.07, 6.45) is 6.49. The Bertz CT molecular complexity index is 998. The molecule has 0 amide bonds. The molecule has 152 valence electrons. The number of quaternary nitrogens is 1. The summed E-state index contributed by atoms with van der Waals surface area (Å²) in [6.45, 7) is 5.36. The Morgan fingerprint density at radius 3 is 2.61 bits per heavy atom. The molecule has 4 rings (SSSR count). The van der Waals surface area contributed by atoms with Gasteiger partial charge in [-0.25, -0.2) is 9.36 Å². The first-order chi connectivity index (χ1) is 13.6. The Kier molecular flexibility index (Phi) is 5.68. The van der Waals surface area contributed by atoms with Gasteiger partial charge in [0.1, 0.15) is 11.4 Å². The lowest BCUT2D eigenvalue weighted by Gasteiger charge is -2.15. The van der Waals surface area contributed by atoms with Crippen LogP contribution in [-0.2, 0) is 35.5 Å². The van der Waals surface area contributed by atoms with Crippen molar-refractivity contribution in [2.24, 2.45) is 0 Å². The Hall–Kier alpha value is -1.93. The van der Waals surface area contributed by atoms with Crippen molar-refractivity contribution in [1.29, 1.82) is 0 Å². The van der Waals surface area contributed by atoms with Crippen LogP contribution in [0.25, 0.3) is 10.2 Å². The number of nitrogens with zero attached hydrogens (tertiary/aromatic N) is 2. The summed E-state index contributed by atoms with van der Waals surface area (Å²) in [5, 5.41) is 0.653. The van der Waals surface area contributed by atoms with Crippen molar-refractivity contribution in [3.63, 3.8) is 0 Å². The molecule has 0 saturated carbocycles. The maximum Gasteiger partial charge on any atom is 0.332 e. The molecule has 0 atom stereocenters. The molecule has 2 aromatic rings. The van der Waals surface area contributed by atoms with Gasteiger partial charge in [0.25, 0.3) is 5.56 Å². The Balaban J connectivity index is 1.82. The molecular weight excluding hydrogens is 378 g/mol. The minimum absolute atomic E-state index is 0.232. The molecule has 1 aliphatic carbocycles. The lowest BCUT2D eigenvalue weighted by Crippen LogP contribution is -3.10. The zero-order chi connectivity index (χ0) is 19.7. The quantitative estimate of drug-likeness (QED) is 0.703. The van der Waals surface area contributed by atoms with E-state index in [0.717, 1.165) is 60.3 Å². The number of carbonyl (C=O) groups is 1. The Morgan fingerprint density at radius 1 is 1.11 bits per heavy atom. The summed E-state index contributed by atoms with van der Waals surface area (Å²) in [4.78, 5) is 41.9. The van der Waals surface area contributed by atoms with Gasteiger partial charge in [-0.1, -0.05) is 0 Å². The summed E-state index contributed by atoms with van der Waals surface area (Å²) in [7, 11) is 0. The Labute approximate surface area is 167 Å². The van der Waals surface area contributed by atoms with Crippen LogP contribution in [0.5, 0.6) is 0 Å². The fraction of sp³-hybridized carbons (Fsp3) is 0.650. The van der Waals surface area contributed by atoms with Crippen molar-refractivity contribution in [2.45, 2.75) is 58.5 Å². The number of esters is 1. The van der Waals surface area contributed by atoms with Crippen LogP contribution in [0.1, 0.15) is 43.0 Å². The van der Waals surface area contributed by atoms with Crippen molar-refractivity contribution in [3.05, 3.63) is 31.3 Å². The zero-order valence-corrected chi connectivity index (χ0v) is 17.2. The maximum atomic E-state index is 13.2. The van der Waals surface area contributed by atoms with Gasteiger partial charge in [0.2, 0.25) is 0 Å². The summed E-state index contributed by atoms with van der Waals surface area (Å²) < 4.78 is 7.82. The summed E-state index contributed by atoms with van der Waals surface area (Å²) in [6, 6.07) is 0. The lowest BCUT2D eigenvalue weighted by atomic mass is 9.97. The third-order valence-corrected chi connectivity index (χ3v) is 7.23. The van der Waals surface area contributed by atoms with Crippen LogP contribution in [0.4, 0.5) is 0 Å². The van der Waals surface area contributed by atoms with Gasteiger partial charge >= 0.3 is 11.7 Å². The first-order valence-electron chi connectivity index (χ1n) is 10.4. The molecule has 0 unspecified atom stereocenters. The van der Waals surface area contributed by atoms with Crippen molar-refractivity contribution < 1.29 is 14.4 Å². The summed E-state index contributed by atoms with van der Waals surface area (Å²) >= 11 is 1.60. The van der Waals surface area contributed by atoms with Crippen molar-refractivity contribution in [2.75, 3.05) is 26.2 Å². The van der Waals surface area contributed by atoms with Crippen molar-refractivity contribution in [1.82, 2.24) is 9.13 Å². The monoisotopic (exact) mass is 406 g/mol.